The largest absolute Gasteiger partial charge is 0.497 e. The van der Waals surface area contributed by atoms with E-state index in [1.54, 1.807) is 12.1 Å². The number of carbonyl (C=O) groups is 2. The maximum Gasteiger partial charge on any atom is 0.309 e. The van der Waals surface area contributed by atoms with Crippen LogP contribution in [-0.2, 0) is 30.8 Å². The number of sulfonamides is 1. The van der Waals surface area contributed by atoms with Crippen LogP contribution >= 0.6 is 0 Å². The van der Waals surface area contributed by atoms with Crippen molar-refractivity contribution in [1.82, 2.24) is 14.9 Å². The Kier molecular flexibility index (Phi) is 8.20. The standard InChI is InChI=1S/C22H27N3O6S/c1-30-18-8-10-19(11-9-18)32(28,29)25-14-5-15-31-20(25)16-24-22(27)21(26)23-13-12-17-6-3-2-4-7-17/h2-4,6-11,20H,5,12-16H2,1H3,(H,23,26)(H,24,27). The number of hydrogen-bond donors (Lipinski definition) is 2. The molecule has 1 aliphatic heterocycles. The van der Waals surface area contributed by atoms with Gasteiger partial charge in [0.1, 0.15) is 12.0 Å². The first-order valence-electron chi connectivity index (χ1n) is 10.3. The number of benzene rings is 2. The lowest BCUT2D eigenvalue weighted by Gasteiger charge is -2.34. The van der Waals surface area contributed by atoms with Gasteiger partial charge in [-0.2, -0.15) is 4.31 Å². The number of carbonyl (C=O) groups excluding carboxylic acids is 2. The number of amides is 2. The van der Waals surface area contributed by atoms with Crippen LogP contribution in [0, 0.1) is 0 Å². The topological polar surface area (TPSA) is 114 Å². The Morgan fingerprint density at radius 1 is 1.06 bits per heavy atom. The van der Waals surface area contributed by atoms with Crippen molar-refractivity contribution in [2.24, 2.45) is 0 Å². The monoisotopic (exact) mass is 461 g/mol. The molecule has 0 aliphatic carbocycles. The molecule has 1 saturated heterocycles. The molecule has 0 spiro atoms. The van der Waals surface area contributed by atoms with Crippen molar-refractivity contribution in [2.45, 2.75) is 24.0 Å². The van der Waals surface area contributed by atoms with E-state index in [2.05, 4.69) is 10.6 Å². The van der Waals surface area contributed by atoms with Gasteiger partial charge in [-0.1, -0.05) is 30.3 Å². The molecule has 2 amide bonds. The van der Waals surface area contributed by atoms with E-state index in [9.17, 15) is 18.0 Å². The van der Waals surface area contributed by atoms with Gasteiger partial charge >= 0.3 is 11.8 Å². The van der Waals surface area contributed by atoms with E-state index in [0.29, 0.717) is 31.7 Å². The molecule has 1 atom stereocenters. The van der Waals surface area contributed by atoms with Gasteiger partial charge in [-0.25, -0.2) is 8.42 Å². The number of nitrogens with zero attached hydrogens (tertiary/aromatic N) is 1. The molecule has 0 radical (unpaired) electrons. The van der Waals surface area contributed by atoms with Gasteiger partial charge in [-0.15, -0.1) is 0 Å². The highest BCUT2D eigenvalue weighted by molar-refractivity contribution is 7.89. The molecule has 9 nitrogen and oxygen atoms in total. The van der Waals surface area contributed by atoms with Crippen molar-refractivity contribution >= 4 is 21.8 Å². The molecule has 3 rings (SSSR count). The number of ether oxygens (including phenoxy) is 2. The third-order valence-electron chi connectivity index (χ3n) is 5.01. The van der Waals surface area contributed by atoms with Gasteiger partial charge in [-0.3, -0.25) is 9.59 Å². The number of hydrogen-bond acceptors (Lipinski definition) is 6. The highest BCUT2D eigenvalue weighted by atomic mass is 32.2. The van der Waals surface area contributed by atoms with E-state index in [0.717, 1.165) is 5.56 Å². The summed E-state index contributed by atoms with van der Waals surface area (Å²) in [6, 6.07) is 15.6. The molecule has 0 bridgehead atoms. The lowest BCUT2D eigenvalue weighted by molar-refractivity contribution is -0.140. The van der Waals surface area contributed by atoms with Crippen LogP contribution in [0.5, 0.6) is 5.75 Å². The van der Waals surface area contributed by atoms with Crippen LogP contribution in [0.25, 0.3) is 0 Å². The van der Waals surface area contributed by atoms with Crippen LogP contribution in [0.3, 0.4) is 0 Å². The van der Waals surface area contributed by atoms with Crippen LogP contribution in [0.1, 0.15) is 12.0 Å². The lowest BCUT2D eigenvalue weighted by atomic mass is 10.1. The molecule has 1 aliphatic rings. The molecular weight excluding hydrogens is 434 g/mol. The summed E-state index contributed by atoms with van der Waals surface area (Å²) in [5.41, 5.74) is 1.04. The fraction of sp³-hybridized carbons (Fsp3) is 0.364. The first-order chi connectivity index (χ1) is 15.4. The normalized spacial score (nSPS) is 16.8. The molecule has 0 saturated carbocycles. The summed E-state index contributed by atoms with van der Waals surface area (Å²) in [6.07, 6.45) is 0.219. The SMILES string of the molecule is COc1ccc(S(=O)(=O)N2CCCOC2CNC(=O)C(=O)NCCc2ccccc2)cc1. The Morgan fingerprint density at radius 2 is 1.75 bits per heavy atom. The highest BCUT2D eigenvalue weighted by Gasteiger charge is 2.35. The zero-order valence-corrected chi connectivity index (χ0v) is 18.6. The van der Waals surface area contributed by atoms with Crippen molar-refractivity contribution < 1.29 is 27.5 Å². The minimum Gasteiger partial charge on any atom is -0.497 e. The summed E-state index contributed by atoms with van der Waals surface area (Å²) in [5.74, 6) is -1.07. The Balaban J connectivity index is 1.55. The first-order valence-corrected chi connectivity index (χ1v) is 11.7. The van der Waals surface area contributed by atoms with Crippen molar-refractivity contribution in [3.8, 4) is 5.75 Å². The highest BCUT2D eigenvalue weighted by Crippen LogP contribution is 2.23. The van der Waals surface area contributed by atoms with Crippen LogP contribution in [0.15, 0.2) is 59.5 Å². The molecule has 1 unspecified atom stereocenters. The number of methoxy groups -OCH3 is 1. The van der Waals surface area contributed by atoms with Gasteiger partial charge in [0, 0.05) is 13.1 Å². The molecule has 2 N–H and O–H groups in total. The zero-order valence-electron chi connectivity index (χ0n) is 17.8. The average Bonchev–Trinajstić information content (AvgIpc) is 2.83. The molecule has 2 aromatic rings. The predicted octanol–water partition coefficient (Wildman–Crippen LogP) is 0.907. The second-order valence-corrected chi connectivity index (χ2v) is 9.06. The molecule has 1 heterocycles. The van der Waals surface area contributed by atoms with E-state index >= 15 is 0 Å². The van der Waals surface area contributed by atoms with E-state index in [-0.39, 0.29) is 18.0 Å². The van der Waals surface area contributed by atoms with Crippen molar-refractivity contribution in [2.75, 3.05) is 33.4 Å². The molecule has 2 aromatic carbocycles. The van der Waals surface area contributed by atoms with E-state index in [4.69, 9.17) is 9.47 Å². The molecule has 0 aromatic heterocycles. The molecule has 1 fully saturated rings. The van der Waals surface area contributed by atoms with Gasteiger partial charge in [0.25, 0.3) is 0 Å². The number of nitrogens with one attached hydrogen (secondary N) is 2. The van der Waals surface area contributed by atoms with Gasteiger partial charge in [0.15, 0.2) is 0 Å². The van der Waals surface area contributed by atoms with Gasteiger partial charge in [0.05, 0.1) is 25.2 Å². The van der Waals surface area contributed by atoms with Crippen LogP contribution in [0.4, 0.5) is 0 Å². The first kappa shape index (κ1) is 23.7. The van der Waals surface area contributed by atoms with Gasteiger partial charge < -0.3 is 20.1 Å². The maximum absolute atomic E-state index is 13.1. The number of rotatable bonds is 8. The Bertz CT molecular complexity index is 1010. The van der Waals surface area contributed by atoms with Crippen molar-refractivity contribution in [1.29, 1.82) is 0 Å². The van der Waals surface area contributed by atoms with Crippen LogP contribution < -0.4 is 15.4 Å². The van der Waals surface area contributed by atoms with Crippen LogP contribution in [-0.4, -0.2) is 64.1 Å². The molecular formula is C22H27N3O6S. The molecule has 32 heavy (non-hydrogen) atoms. The summed E-state index contributed by atoms with van der Waals surface area (Å²) in [5, 5.41) is 5.03. The summed E-state index contributed by atoms with van der Waals surface area (Å²) in [4.78, 5) is 24.3. The lowest BCUT2D eigenvalue weighted by Crippen LogP contribution is -2.53. The predicted molar refractivity (Wildman–Crippen MR) is 117 cm³/mol. The smallest absolute Gasteiger partial charge is 0.309 e. The van der Waals surface area contributed by atoms with Crippen molar-refractivity contribution in [3.63, 3.8) is 0 Å². The third kappa shape index (κ3) is 6.06. The second kappa shape index (κ2) is 11.1. The summed E-state index contributed by atoms with van der Waals surface area (Å²) < 4.78 is 38.0. The van der Waals surface area contributed by atoms with Gasteiger partial charge in [0.2, 0.25) is 10.0 Å². The summed E-state index contributed by atoms with van der Waals surface area (Å²) in [6.45, 7) is 0.783. The summed E-state index contributed by atoms with van der Waals surface area (Å²) >= 11 is 0. The Morgan fingerprint density at radius 3 is 2.44 bits per heavy atom. The van der Waals surface area contributed by atoms with E-state index < -0.39 is 28.1 Å². The van der Waals surface area contributed by atoms with E-state index in [1.165, 1.54) is 23.5 Å². The Labute approximate surface area is 187 Å². The van der Waals surface area contributed by atoms with Crippen molar-refractivity contribution in [3.05, 3.63) is 60.2 Å². The fourth-order valence-corrected chi connectivity index (χ4v) is 4.86. The Hall–Kier alpha value is -2.95. The maximum atomic E-state index is 13.1. The second-order valence-electron chi connectivity index (χ2n) is 7.17. The third-order valence-corrected chi connectivity index (χ3v) is 6.91. The molecule has 172 valence electrons. The summed E-state index contributed by atoms with van der Waals surface area (Å²) in [7, 11) is -2.35. The zero-order chi connectivity index (χ0) is 23.0. The average molecular weight is 462 g/mol. The minimum absolute atomic E-state index is 0.0961. The molecule has 10 heteroatoms. The quantitative estimate of drug-likeness (QED) is 0.565. The van der Waals surface area contributed by atoms with Crippen LogP contribution in [0.2, 0.25) is 0 Å². The van der Waals surface area contributed by atoms with E-state index in [1.807, 2.05) is 30.3 Å². The fourth-order valence-electron chi connectivity index (χ4n) is 3.29. The minimum atomic E-state index is -3.85. The van der Waals surface area contributed by atoms with Gasteiger partial charge in [-0.05, 0) is 42.7 Å².